The van der Waals surface area contributed by atoms with Crippen LogP contribution in [-0.2, 0) is 11.2 Å². The van der Waals surface area contributed by atoms with Gasteiger partial charge in [-0.1, -0.05) is 12.8 Å². The van der Waals surface area contributed by atoms with Crippen LogP contribution in [0.1, 0.15) is 37.9 Å². The Balaban J connectivity index is 1.63. The van der Waals surface area contributed by atoms with E-state index in [1.165, 1.54) is 25.7 Å². The molecule has 0 aliphatic heterocycles. The van der Waals surface area contributed by atoms with E-state index in [4.69, 9.17) is 4.74 Å². The second-order valence-corrected chi connectivity index (χ2v) is 4.65. The van der Waals surface area contributed by atoms with Crippen molar-refractivity contribution in [1.29, 1.82) is 0 Å². The molecule has 1 aliphatic rings. The molecule has 2 rings (SSSR count). The average Bonchev–Trinajstić information content (AvgIpc) is 2.88. The standard InChI is InChI=1S/C12H22N4O/c1-17-11-6-3-2-5-10(11)13-8-4-7-12-14-9-15-16-12/h9-11,13H,2-8H2,1H3,(H,14,15,16). The van der Waals surface area contributed by atoms with Crippen molar-refractivity contribution in [3.8, 4) is 0 Å². The minimum absolute atomic E-state index is 0.397. The zero-order chi connectivity index (χ0) is 11.9. The maximum atomic E-state index is 5.52. The molecule has 1 aliphatic carbocycles. The summed E-state index contributed by atoms with van der Waals surface area (Å²) in [4.78, 5) is 4.11. The van der Waals surface area contributed by atoms with Crippen LogP contribution in [0, 0.1) is 0 Å². The Hall–Kier alpha value is -0.940. The van der Waals surface area contributed by atoms with Crippen molar-refractivity contribution in [1.82, 2.24) is 20.5 Å². The lowest BCUT2D eigenvalue weighted by Gasteiger charge is -2.31. The molecule has 0 aromatic carbocycles. The summed E-state index contributed by atoms with van der Waals surface area (Å²) in [6, 6.07) is 0.531. The van der Waals surface area contributed by atoms with E-state index < -0.39 is 0 Å². The monoisotopic (exact) mass is 238 g/mol. The summed E-state index contributed by atoms with van der Waals surface area (Å²) in [5, 5.41) is 10.3. The predicted octanol–water partition coefficient (Wildman–Crippen LogP) is 1.28. The van der Waals surface area contributed by atoms with Gasteiger partial charge in [0.2, 0.25) is 0 Å². The first-order valence-electron chi connectivity index (χ1n) is 6.50. The first-order chi connectivity index (χ1) is 8.40. The van der Waals surface area contributed by atoms with Crippen LogP contribution in [0.15, 0.2) is 6.33 Å². The molecular formula is C12H22N4O. The SMILES string of the molecule is COC1CCCCC1NCCCc1ncn[nH]1. The van der Waals surface area contributed by atoms with Gasteiger partial charge in [-0.3, -0.25) is 5.10 Å². The Labute approximate surface area is 102 Å². The fraction of sp³-hybridized carbons (Fsp3) is 0.833. The molecule has 0 amide bonds. The van der Waals surface area contributed by atoms with E-state index in [2.05, 4.69) is 20.5 Å². The van der Waals surface area contributed by atoms with Gasteiger partial charge in [0.1, 0.15) is 12.2 Å². The van der Waals surface area contributed by atoms with E-state index >= 15 is 0 Å². The van der Waals surface area contributed by atoms with Crippen LogP contribution in [0.5, 0.6) is 0 Å². The number of methoxy groups -OCH3 is 1. The van der Waals surface area contributed by atoms with E-state index in [9.17, 15) is 0 Å². The Morgan fingerprint density at radius 2 is 2.35 bits per heavy atom. The summed E-state index contributed by atoms with van der Waals surface area (Å²) in [6.07, 6.45) is 9.05. The number of hydrogen-bond donors (Lipinski definition) is 2. The quantitative estimate of drug-likeness (QED) is 0.733. The molecule has 2 atom stereocenters. The van der Waals surface area contributed by atoms with Gasteiger partial charge in [-0.05, 0) is 25.8 Å². The van der Waals surface area contributed by atoms with Gasteiger partial charge in [-0.25, -0.2) is 4.98 Å². The van der Waals surface area contributed by atoms with Gasteiger partial charge in [0.15, 0.2) is 0 Å². The molecule has 0 bridgehead atoms. The molecule has 5 nitrogen and oxygen atoms in total. The number of rotatable bonds is 6. The predicted molar refractivity (Wildman–Crippen MR) is 65.8 cm³/mol. The van der Waals surface area contributed by atoms with Gasteiger partial charge in [-0.2, -0.15) is 5.10 Å². The van der Waals surface area contributed by atoms with Crippen LogP contribution in [-0.4, -0.2) is 41.0 Å². The minimum atomic E-state index is 0.397. The minimum Gasteiger partial charge on any atom is -0.380 e. The van der Waals surface area contributed by atoms with E-state index in [0.717, 1.165) is 25.2 Å². The summed E-state index contributed by atoms with van der Waals surface area (Å²) in [5.74, 6) is 0.971. The van der Waals surface area contributed by atoms with Crippen LogP contribution in [0.25, 0.3) is 0 Å². The van der Waals surface area contributed by atoms with Crippen molar-refractivity contribution < 1.29 is 4.74 Å². The molecule has 2 N–H and O–H groups in total. The third-order valence-corrected chi connectivity index (χ3v) is 3.47. The molecule has 0 radical (unpaired) electrons. The Morgan fingerprint density at radius 1 is 1.47 bits per heavy atom. The van der Waals surface area contributed by atoms with Crippen LogP contribution < -0.4 is 5.32 Å². The van der Waals surface area contributed by atoms with E-state index in [1.807, 2.05) is 7.11 Å². The largest absolute Gasteiger partial charge is 0.380 e. The number of nitrogens with one attached hydrogen (secondary N) is 2. The van der Waals surface area contributed by atoms with Crippen LogP contribution >= 0.6 is 0 Å². The lowest BCUT2D eigenvalue weighted by atomic mass is 9.92. The summed E-state index contributed by atoms with van der Waals surface area (Å²) in [7, 11) is 1.82. The molecule has 0 spiro atoms. The Bertz CT molecular complexity index is 301. The summed E-state index contributed by atoms with van der Waals surface area (Å²) in [6.45, 7) is 1.02. The number of aromatic nitrogens is 3. The molecule has 96 valence electrons. The number of aryl methyl sites for hydroxylation is 1. The van der Waals surface area contributed by atoms with Crippen molar-refractivity contribution in [2.24, 2.45) is 0 Å². The van der Waals surface area contributed by atoms with Crippen molar-refractivity contribution >= 4 is 0 Å². The third kappa shape index (κ3) is 3.78. The average molecular weight is 238 g/mol. The van der Waals surface area contributed by atoms with E-state index in [1.54, 1.807) is 6.33 Å². The normalized spacial score (nSPS) is 25.0. The number of nitrogens with zero attached hydrogens (tertiary/aromatic N) is 2. The number of ether oxygens (including phenoxy) is 1. The van der Waals surface area contributed by atoms with Gasteiger partial charge in [0.05, 0.1) is 6.10 Å². The Morgan fingerprint density at radius 3 is 3.12 bits per heavy atom. The highest BCUT2D eigenvalue weighted by atomic mass is 16.5. The first-order valence-corrected chi connectivity index (χ1v) is 6.50. The maximum absolute atomic E-state index is 5.52. The summed E-state index contributed by atoms with van der Waals surface area (Å²) < 4.78 is 5.52. The van der Waals surface area contributed by atoms with E-state index in [-0.39, 0.29) is 0 Å². The van der Waals surface area contributed by atoms with Gasteiger partial charge in [0, 0.05) is 19.6 Å². The topological polar surface area (TPSA) is 62.8 Å². The maximum Gasteiger partial charge on any atom is 0.137 e. The Kier molecular flexibility index (Phi) is 4.94. The zero-order valence-corrected chi connectivity index (χ0v) is 10.5. The van der Waals surface area contributed by atoms with Crippen LogP contribution in [0.2, 0.25) is 0 Å². The molecular weight excluding hydrogens is 216 g/mol. The second kappa shape index (κ2) is 6.71. The fourth-order valence-electron chi connectivity index (χ4n) is 2.51. The van der Waals surface area contributed by atoms with Crippen LogP contribution in [0.4, 0.5) is 0 Å². The summed E-state index contributed by atoms with van der Waals surface area (Å²) in [5.41, 5.74) is 0. The smallest absolute Gasteiger partial charge is 0.137 e. The van der Waals surface area contributed by atoms with Crippen molar-refractivity contribution in [3.05, 3.63) is 12.2 Å². The van der Waals surface area contributed by atoms with Gasteiger partial charge >= 0.3 is 0 Å². The van der Waals surface area contributed by atoms with Crippen molar-refractivity contribution in [3.63, 3.8) is 0 Å². The highest BCUT2D eigenvalue weighted by Crippen LogP contribution is 2.20. The highest BCUT2D eigenvalue weighted by molar-refractivity contribution is 4.83. The lowest BCUT2D eigenvalue weighted by molar-refractivity contribution is 0.0419. The van der Waals surface area contributed by atoms with Crippen LogP contribution in [0.3, 0.4) is 0 Å². The van der Waals surface area contributed by atoms with Gasteiger partial charge in [-0.15, -0.1) is 0 Å². The third-order valence-electron chi connectivity index (χ3n) is 3.47. The van der Waals surface area contributed by atoms with Crippen molar-refractivity contribution in [2.45, 2.75) is 50.7 Å². The molecule has 1 saturated carbocycles. The molecule has 5 heteroatoms. The number of aromatic amines is 1. The van der Waals surface area contributed by atoms with Gasteiger partial charge < -0.3 is 10.1 Å². The highest BCUT2D eigenvalue weighted by Gasteiger charge is 2.23. The first kappa shape index (κ1) is 12.5. The molecule has 17 heavy (non-hydrogen) atoms. The number of hydrogen-bond acceptors (Lipinski definition) is 4. The summed E-state index contributed by atoms with van der Waals surface area (Å²) >= 11 is 0. The second-order valence-electron chi connectivity index (χ2n) is 4.65. The molecule has 1 aromatic heterocycles. The molecule has 1 heterocycles. The molecule has 0 saturated heterocycles. The number of H-pyrrole nitrogens is 1. The molecule has 2 unspecified atom stereocenters. The fourth-order valence-corrected chi connectivity index (χ4v) is 2.51. The van der Waals surface area contributed by atoms with Crippen molar-refractivity contribution in [2.75, 3.05) is 13.7 Å². The lowest BCUT2D eigenvalue weighted by Crippen LogP contribution is -2.43. The van der Waals surface area contributed by atoms with Gasteiger partial charge in [0.25, 0.3) is 0 Å². The molecule has 1 fully saturated rings. The molecule has 1 aromatic rings. The zero-order valence-electron chi connectivity index (χ0n) is 10.5. The van der Waals surface area contributed by atoms with E-state index in [0.29, 0.717) is 12.1 Å².